The van der Waals surface area contributed by atoms with Gasteiger partial charge in [-0.15, -0.1) is 0 Å². The first kappa shape index (κ1) is 16.8. The molecule has 0 aliphatic rings. The SMILES string of the molecule is Cc1ccc([N+](=O)[O-])cc1S(=O)(=O)N(C)c1c(F)cccc1F. The van der Waals surface area contributed by atoms with Crippen molar-refractivity contribution in [2.45, 2.75) is 11.8 Å². The average Bonchev–Trinajstić information content (AvgIpc) is 2.46. The Bertz CT molecular complexity index is 864. The Morgan fingerprint density at radius 2 is 1.70 bits per heavy atom. The third-order valence-electron chi connectivity index (χ3n) is 3.27. The van der Waals surface area contributed by atoms with Crippen LogP contribution in [0.15, 0.2) is 41.3 Å². The van der Waals surface area contributed by atoms with Crippen molar-refractivity contribution < 1.29 is 22.1 Å². The first-order valence-corrected chi connectivity index (χ1v) is 7.78. The average molecular weight is 342 g/mol. The molecule has 0 amide bonds. The van der Waals surface area contributed by atoms with Crippen molar-refractivity contribution in [1.82, 2.24) is 0 Å². The van der Waals surface area contributed by atoms with Crippen molar-refractivity contribution in [1.29, 1.82) is 0 Å². The summed E-state index contributed by atoms with van der Waals surface area (Å²) in [7, 11) is -3.39. The lowest BCUT2D eigenvalue weighted by Crippen LogP contribution is -2.29. The Morgan fingerprint density at radius 1 is 1.13 bits per heavy atom. The van der Waals surface area contributed by atoms with Crippen LogP contribution in [0.3, 0.4) is 0 Å². The van der Waals surface area contributed by atoms with E-state index in [1.165, 1.54) is 13.0 Å². The number of anilines is 1. The molecule has 0 spiro atoms. The second-order valence-corrected chi connectivity index (χ2v) is 6.69. The highest BCUT2D eigenvalue weighted by molar-refractivity contribution is 7.92. The summed E-state index contributed by atoms with van der Waals surface area (Å²) in [6.45, 7) is 1.43. The van der Waals surface area contributed by atoms with E-state index in [9.17, 15) is 27.3 Å². The van der Waals surface area contributed by atoms with Crippen molar-refractivity contribution in [2.24, 2.45) is 0 Å². The lowest BCUT2D eigenvalue weighted by molar-refractivity contribution is -0.385. The number of non-ortho nitro benzene ring substituents is 1. The van der Waals surface area contributed by atoms with Gasteiger partial charge in [0.05, 0.1) is 9.82 Å². The minimum atomic E-state index is -4.37. The second kappa shape index (κ2) is 5.92. The molecule has 23 heavy (non-hydrogen) atoms. The summed E-state index contributed by atoms with van der Waals surface area (Å²) in [6, 6.07) is 6.22. The molecule has 2 aromatic carbocycles. The van der Waals surface area contributed by atoms with Crippen molar-refractivity contribution in [3.8, 4) is 0 Å². The van der Waals surface area contributed by atoms with Gasteiger partial charge in [-0.3, -0.25) is 14.4 Å². The molecule has 0 heterocycles. The number of halogens is 2. The molecule has 0 fully saturated rings. The molecule has 122 valence electrons. The Balaban J connectivity index is 2.63. The number of para-hydroxylation sites is 1. The lowest BCUT2D eigenvalue weighted by Gasteiger charge is -2.21. The maximum atomic E-state index is 13.8. The van der Waals surface area contributed by atoms with Crippen LogP contribution in [-0.4, -0.2) is 20.4 Å². The zero-order valence-electron chi connectivity index (χ0n) is 12.2. The van der Waals surface area contributed by atoms with Gasteiger partial charge in [0.1, 0.15) is 5.69 Å². The minimum Gasteiger partial charge on any atom is -0.263 e. The lowest BCUT2D eigenvalue weighted by atomic mass is 10.2. The van der Waals surface area contributed by atoms with Crippen LogP contribution >= 0.6 is 0 Å². The first-order valence-electron chi connectivity index (χ1n) is 6.34. The smallest absolute Gasteiger partial charge is 0.263 e. The number of nitro benzene ring substituents is 1. The summed E-state index contributed by atoms with van der Waals surface area (Å²) in [5.74, 6) is -2.11. The van der Waals surface area contributed by atoms with Crippen LogP contribution in [0.4, 0.5) is 20.2 Å². The van der Waals surface area contributed by atoms with Gasteiger partial charge in [0.25, 0.3) is 15.7 Å². The van der Waals surface area contributed by atoms with Gasteiger partial charge in [0.2, 0.25) is 0 Å². The summed E-state index contributed by atoms with van der Waals surface area (Å²) in [5, 5.41) is 10.8. The van der Waals surface area contributed by atoms with Gasteiger partial charge in [0, 0.05) is 19.2 Å². The van der Waals surface area contributed by atoms with Gasteiger partial charge < -0.3 is 0 Å². The summed E-state index contributed by atoms with van der Waals surface area (Å²) in [6.07, 6.45) is 0. The maximum absolute atomic E-state index is 13.8. The largest absolute Gasteiger partial charge is 0.270 e. The summed E-state index contributed by atoms with van der Waals surface area (Å²) in [4.78, 5) is 9.68. The zero-order chi connectivity index (χ0) is 17.4. The standard InChI is InChI=1S/C14H12F2N2O4S/c1-9-6-7-10(18(19)20)8-13(9)23(21,22)17(2)14-11(15)4-3-5-12(14)16/h3-8H,1-2H3. The zero-order valence-corrected chi connectivity index (χ0v) is 13.0. The highest BCUT2D eigenvalue weighted by Gasteiger charge is 2.29. The van der Waals surface area contributed by atoms with Crippen LogP contribution in [0.1, 0.15) is 5.56 Å². The van der Waals surface area contributed by atoms with E-state index in [-0.39, 0.29) is 5.56 Å². The Labute approximate surface area is 131 Å². The van der Waals surface area contributed by atoms with E-state index in [1.54, 1.807) is 0 Å². The van der Waals surface area contributed by atoms with Gasteiger partial charge in [-0.1, -0.05) is 12.1 Å². The van der Waals surface area contributed by atoms with Crippen molar-refractivity contribution in [2.75, 3.05) is 11.4 Å². The fourth-order valence-electron chi connectivity index (χ4n) is 2.04. The molecule has 0 saturated heterocycles. The van der Waals surface area contributed by atoms with Crippen molar-refractivity contribution in [3.63, 3.8) is 0 Å². The highest BCUT2D eigenvalue weighted by atomic mass is 32.2. The fraction of sp³-hybridized carbons (Fsp3) is 0.143. The van der Waals surface area contributed by atoms with E-state index in [4.69, 9.17) is 0 Å². The van der Waals surface area contributed by atoms with E-state index in [0.29, 0.717) is 4.31 Å². The molecule has 0 radical (unpaired) electrons. The Morgan fingerprint density at radius 3 is 2.22 bits per heavy atom. The number of nitro groups is 1. The topological polar surface area (TPSA) is 80.5 Å². The first-order chi connectivity index (χ1) is 10.7. The molecule has 0 atom stereocenters. The Kier molecular flexibility index (Phi) is 4.33. The van der Waals surface area contributed by atoms with Gasteiger partial charge in [-0.25, -0.2) is 17.2 Å². The molecule has 2 rings (SSSR count). The molecule has 9 heteroatoms. The predicted octanol–water partition coefficient (Wildman–Crippen LogP) is 3.01. The van der Waals surface area contributed by atoms with E-state index in [2.05, 4.69) is 0 Å². The van der Waals surface area contributed by atoms with Crippen LogP contribution in [-0.2, 0) is 10.0 Å². The minimum absolute atomic E-state index is 0.221. The predicted molar refractivity (Wildman–Crippen MR) is 79.8 cm³/mol. The van der Waals surface area contributed by atoms with Gasteiger partial charge >= 0.3 is 0 Å². The molecule has 0 aromatic heterocycles. The normalized spacial score (nSPS) is 11.3. The van der Waals surface area contributed by atoms with Crippen LogP contribution in [0, 0.1) is 28.7 Å². The second-order valence-electron chi connectivity index (χ2n) is 4.75. The van der Waals surface area contributed by atoms with Gasteiger partial charge in [-0.2, -0.15) is 0 Å². The number of nitrogens with zero attached hydrogens (tertiary/aromatic N) is 2. The highest BCUT2D eigenvalue weighted by Crippen LogP contribution is 2.30. The molecular weight excluding hydrogens is 330 g/mol. The van der Waals surface area contributed by atoms with E-state index < -0.39 is 42.9 Å². The van der Waals surface area contributed by atoms with Gasteiger partial charge in [-0.05, 0) is 24.6 Å². The van der Waals surface area contributed by atoms with Gasteiger partial charge in [0.15, 0.2) is 11.6 Å². The third kappa shape index (κ3) is 3.00. The van der Waals surface area contributed by atoms with Crippen LogP contribution in [0.25, 0.3) is 0 Å². The summed E-state index contributed by atoms with van der Waals surface area (Å²) < 4.78 is 53.2. The molecular formula is C14H12F2N2O4S. The molecule has 2 aromatic rings. The maximum Gasteiger partial charge on any atom is 0.270 e. The molecule has 6 nitrogen and oxygen atoms in total. The molecule has 0 bridgehead atoms. The number of hydrogen-bond acceptors (Lipinski definition) is 4. The van der Waals surface area contributed by atoms with Crippen molar-refractivity contribution >= 4 is 21.4 Å². The van der Waals surface area contributed by atoms with E-state index in [0.717, 1.165) is 37.4 Å². The van der Waals surface area contributed by atoms with Crippen LogP contribution in [0.5, 0.6) is 0 Å². The van der Waals surface area contributed by atoms with Crippen LogP contribution < -0.4 is 4.31 Å². The summed E-state index contributed by atoms with van der Waals surface area (Å²) in [5.41, 5.74) is -0.964. The third-order valence-corrected chi connectivity index (χ3v) is 5.17. The number of hydrogen-bond donors (Lipinski definition) is 0. The molecule has 0 unspecified atom stereocenters. The number of rotatable bonds is 4. The van der Waals surface area contributed by atoms with E-state index >= 15 is 0 Å². The van der Waals surface area contributed by atoms with Crippen LogP contribution in [0.2, 0.25) is 0 Å². The summed E-state index contributed by atoms with van der Waals surface area (Å²) >= 11 is 0. The van der Waals surface area contributed by atoms with E-state index in [1.807, 2.05) is 0 Å². The molecule has 0 saturated carbocycles. The number of sulfonamides is 1. The number of aryl methyl sites for hydroxylation is 1. The molecule has 0 N–H and O–H groups in total. The number of benzene rings is 2. The fourth-order valence-corrected chi connectivity index (χ4v) is 3.49. The Hall–Kier alpha value is -2.55. The molecule has 0 aliphatic carbocycles. The quantitative estimate of drug-likeness (QED) is 0.632. The van der Waals surface area contributed by atoms with Crippen molar-refractivity contribution in [3.05, 3.63) is 63.7 Å². The monoisotopic (exact) mass is 342 g/mol. The molecule has 0 aliphatic heterocycles.